The lowest BCUT2D eigenvalue weighted by Crippen LogP contribution is -2.33. The van der Waals surface area contributed by atoms with Crippen LogP contribution in [-0.2, 0) is 0 Å². The molecule has 0 radical (unpaired) electrons. The molecule has 1 heterocycles. The van der Waals surface area contributed by atoms with Crippen LogP contribution in [0.3, 0.4) is 0 Å². The Balaban J connectivity index is 3.09. The predicted molar refractivity (Wildman–Crippen MR) is 66.4 cm³/mol. The molecule has 2 N–H and O–H groups in total. The van der Waals surface area contributed by atoms with E-state index in [1.165, 1.54) is 4.90 Å². The first kappa shape index (κ1) is 13.6. The Hall–Kier alpha value is -2.47. The molecular formula is C12H15N5O. The predicted octanol–water partition coefficient (Wildman–Crippen LogP) is 1.14. The fourth-order valence-corrected chi connectivity index (χ4v) is 1.63. The second-order valence-corrected chi connectivity index (χ2v) is 4.14. The van der Waals surface area contributed by atoms with Gasteiger partial charge >= 0.3 is 0 Å². The third-order valence-electron chi connectivity index (χ3n) is 2.46. The molecule has 0 aliphatic carbocycles. The minimum absolute atomic E-state index is 0.0762. The van der Waals surface area contributed by atoms with Crippen molar-refractivity contribution in [2.24, 2.45) is 0 Å². The van der Waals surface area contributed by atoms with Crippen LogP contribution < -0.4 is 5.73 Å². The van der Waals surface area contributed by atoms with Crippen molar-refractivity contribution in [1.29, 1.82) is 10.5 Å². The van der Waals surface area contributed by atoms with Gasteiger partial charge in [-0.2, -0.15) is 10.5 Å². The van der Waals surface area contributed by atoms with Crippen LogP contribution in [0.4, 0.5) is 5.69 Å². The number of nitrogens with two attached hydrogens (primary N) is 1. The molecule has 0 atom stereocenters. The maximum absolute atomic E-state index is 12.2. The lowest BCUT2D eigenvalue weighted by molar-refractivity contribution is 0.0782. The molecule has 1 amide bonds. The number of nitrogens with zero attached hydrogens (tertiary/aromatic N) is 4. The summed E-state index contributed by atoms with van der Waals surface area (Å²) in [4.78, 5) is 13.4. The monoisotopic (exact) mass is 245 g/mol. The van der Waals surface area contributed by atoms with Gasteiger partial charge in [0.25, 0.3) is 5.91 Å². The highest BCUT2D eigenvalue weighted by molar-refractivity contribution is 5.94. The highest BCUT2D eigenvalue weighted by atomic mass is 16.2. The Bertz CT molecular complexity index is 502. The highest BCUT2D eigenvalue weighted by Crippen LogP contribution is 2.18. The van der Waals surface area contributed by atoms with Crippen LogP contribution in [0.25, 0.3) is 0 Å². The molecule has 1 aromatic heterocycles. The van der Waals surface area contributed by atoms with Crippen LogP contribution in [0.15, 0.2) is 12.3 Å². The van der Waals surface area contributed by atoms with Gasteiger partial charge < -0.3 is 15.2 Å². The topological polar surface area (TPSA) is 98.8 Å². The summed E-state index contributed by atoms with van der Waals surface area (Å²) in [6.07, 6.45) is 1.68. The average Bonchev–Trinajstić information content (AvgIpc) is 2.70. The van der Waals surface area contributed by atoms with E-state index in [1.807, 2.05) is 26.0 Å². The maximum atomic E-state index is 12.2. The Labute approximate surface area is 106 Å². The van der Waals surface area contributed by atoms with Gasteiger partial charge in [0.15, 0.2) is 0 Å². The fourth-order valence-electron chi connectivity index (χ4n) is 1.63. The molecule has 0 spiro atoms. The van der Waals surface area contributed by atoms with E-state index in [9.17, 15) is 4.79 Å². The Kier molecular flexibility index (Phi) is 4.33. The number of aromatic nitrogens is 1. The molecule has 1 rings (SSSR count). The quantitative estimate of drug-likeness (QED) is 0.804. The first-order valence-electron chi connectivity index (χ1n) is 5.51. The smallest absolute Gasteiger partial charge is 0.272 e. The van der Waals surface area contributed by atoms with E-state index < -0.39 is 0 Å². The van der Waals surface area contributed by atoms with Gasteiger partial charge in [-0.25, -0.2) is 0 Å². The summed E-state index contributed by atoms with van der Waals surface area (Å²) in [6.45, 7) is 3.62. The van der Waals surface area contributed by atoms with E-state index in [2.05, 4.69) is 0 Å². The number of nitriles is 2. The molecule has 0 fully saturated rings. The highest BCUT2D eigenvalue weighted by Gasteiger charge is 2.20. The Morgan fingerprint density at radius 2 is 2.00 bits per heavy atom. The molecule has 0 bridgehead atoms. The van der Waals surface area contributed by atoms with Crippen molar-refractivity contribution in [2.75, 3.05) is 18.8 Å². The van der Waals surface area contributed by atoms with Crippen molar-refractivity contribution in [3.05, 3.63) is 18.0 Å². The van der Waals surface area contributed by atoms with Gasteiger partial charge in [-0.1, -0.05) is 0 Å². The number of carbonyl (C=O) groups excluding carboxylic acids is 1. The number of nitrogen functional groups attached to an aromatic ring is 1. The fraction of sp³-hybridized carbons (Fsp3) is 0.417. The molecule has 0 saturated carbocycles. The largest absolute Gasteiger partial charge is 0.397 e. The summed E-state index contributed by atoms with van der Waals surface area (Å²) in [5, 5.41) is 17.3. The molecular weight excluding hydrogens is 230 g/mol. The molecule has 94 valence electrons. The van der Waals surface area contributed by atoms with Crippen molar-refractivity contribution in [3.8, 4) is 12.1 Å². The normalized spacial score (nSPS) is 9.83. The third kappa shape index (κ3) is 2.80. The zero-order valence-corrected chi connectivity index (χ0v) is 10.4. The number of rotatable bonds is 4. The van der Waals surface area contributed by atoms with Crippen molar-refractivity contribution in [3.63, 3.8) is 0 Å². The average molecular weight is 245 g/mol. The van der Waals surface area contributed by atoms with Crippen LogP contribution in [0, 0.1) is 22.7 Å². The van der Waals surface area contributed by atoms with Crippen LogP contribution in [-0.4, -0.2) is 28.5 Å². The molecule has 0 saturated heterocycles. The molecule has 0 aliphatic rings. The minimum atomic E-state index is -0.358. The van der Waals surface area contributed by atoms with E-state index >= 15 is 0 Å². The Morgan fingerprint density at radius 1 is 1.44 bits per heavy atom. The van der Waals surface area contributed by atoms with Gasteiger partial charge in [0.1, 0.15) is 18.8 Å². The first-order valence-corrected chi connectivity index (χ1v) is 5.51. The van der Waals surface area contributed by atoms with Crippen molar-refractivity contribution < 1.29 is 4.79 Å². The van der Waals surface area contributed by atoms with E-state index in [-0.39, 0.29) is 25.0 Å². The molecule has 18 heavy (non-hydrogen) atoms. The second-order valence-electron chi connectivity index (χ2n) is 4.14. The summed E-state index contributed by atoms with van der Waals surface area (Å²) in [5.74, 6) is -0.358. The Morgan fingerprint density at radius 3 is 2.44 bits per heavy atom. The van der Waals surface area contributed by atoms with Gasteiger partial charge in [0.2, 0.25) is 0 Å². The van der Waals surface area contributed by atoms with Crippen LogP contribution in [0.5, 0.6) is 0 Å². The summed E-state index contributed by atoms with van der Waals surface area (Å²) in [5.41, 5.74) is 6.56. The number of hydrogen-bond donors (Lipinski definition) is 1. The first-order chi connectivity index (χ1) is 8.51. The zero-order chi connectivity index (χ0) is 13.7. The molecule has 6 nitrogen and oxygen atoms in total. The van der Waals surface area contributed by atoms with Gasteiger partial charge in [0, 0.05) is 12.2 Å². The summed E-state index contributed by atoms with van der Waals surface area (Å²) < 4.78 is 1.74. The van der Waals surface area contributed by atoms with E-state index in [4.69, 9.17) is 16.3 Å². The third-order valence-corrected chi connectivity index (χ3v) is 2.46. The zero-order valence-electron chi connectivity index (χ0n) is 10.4. The number of anilines is 1. The lowest BCUT2D eigenvalue weighted by Gasteiger charge is -2.18. The number of amides is 1. The van der Waals surface area contributed by atoms with Crippen molar-refractivity contribution in [2.45, 2.75) is 19.9 Å². The van der Waals surface area contributed by atoms with E-state index in [1.54, 1.807) is 16.8 Å². The van der Waals surface area contributed by atoms with E-state index in [0.29, 0.717) is 11.4 Å². The van der Waals surface area contributed by atoms with Crippen molar-refractivity contribution >= 4 is 11.6 Å². The van der Waals surface area contributed by atoms with Gasteiger partial charge in [-0.05, 0) is 19.9 Å². The maximum Gasteiger partial charge on any atom is 0.272 e. The van der Waals surface area contributed by atoms with Gasteiger partial charge in [-0.15, -0.1) is 0 Å². The van der Waals surface area contributed by atoms with Crippen LogP contribution >= 0.6 is 0 Å². The SMILES string of the molecule is CC(C)n1cc(N)cc1C(=O)N(CC#N)CC#N. The summed E-state index contributed by atoms with van der Waals surface area (Å²) in [7, 11) is 0. The number of hydrogen-bond acceptors (Lipinski definition) is 4. The summed E-state index contributed by atoms with van der Waals surface area (Å²) >= 11 is 0. The van der Waals surface area contributed by atoms with Crippen molar-refractivity contribution in [1.82, 2.24) is 9.47 Å². The van der Waals surface area contributed by atoms with Gasteiger partial charge in [0.05, 0.1) is 17.8 Å². The molecule has 0 aromatic carbocycles. The molecule has 1 aromatic rings. The van der Waals surface area contributed by atoms with Gasteiger partial charge in [-0.3, -0.25) is 4.79 Å². The van der Waals surface area contributed by atoms with E-state index in [0.717, 1.165) is 0 Å². The van der Waals surface area contributed by atoms with Crippen LogP contribution in [0.2, 0.25) is 0 Å². The lowest BCUT2D eigenvalue weighted by atomic mass is 10.3. The van der Waals surface area contributed by atoms with Crippen LogP contribution in [0.1, 0.15) is 30.4 Å². The standard InChI is InChI=1S/C12H15N5O/c1-9(2)17-8-10(15)7-11(17)12(18)16(5-3-13)6-4-14/h7-9H,5-6,15H2,1-2H3. The second kappa shape index (κ2) is 5.74. The molecule has 6 heteroatoms. The molecule has 0 unspecified atom stereocenters. The molecule has 0 aliphatic heterocycles. The summed E-state index contributed by atoms with van der Waals surface area (Å²) in [6, 6.07) is 5.38. The minimum Gasteiger partial charge on any atom is -0.397 e. The number of carbonyl (C=O) groups is 1.